The number of carbonyl (C=O) groups is 3. The standard InChI is InChI=1S/C71H129N3O33S.2Na/c1-4-6-8-10-12-14-16-18-19-21-23-25-27-29-31-33-50(83)74-42(43(80)32-30-28-26-24-22-20-17-15-13-11-9-7-5-2)39-97-67-58(89)57(88)61(48(38-78)101-67)103-68-59(90)64(54(85)46(36-76)99-68)105-66-52(73-41(3)79)56(87)62(49(102-66)40-98-108(94,95)96)104-69-60(91)65(55(86)47(37-77)100-69)107-71(70(92)93)34-44(81)51(72)63(106-71)53(84)45(82)35-75;;/h30,32,42-49,51-69,75-78,80-82,84-91H,4-29,31,33-40,72H2,1-3H3,(H,73,79)(H,74,83)(H,92,93)(H,94,95,96);;/q;2*+1/p-2/b32-30+;;/t42-,43+,44-,45+,46+,47+,48+,49+,51+,52+,53+,54-,55-,56+,57+,58+,59+,60+,61+,62+,63+,64-,65-,66-,67+,68-,69-,71-;;/m0../s1. The molecule has 0 aromatic heterocycles. The molecule has 28 atom stereocenters. The summed E-state index contributed by atoms with van der Waals surface area (Å²) in [4.78, 5) is 39.3. The monoisotopic (exact) mass is 1630 g/mol. The summed E-state index contributed by atoms with van der Waals surface area (Å²) in [5.74, 6) is -7.02. The predicted molar refractivity (Wildman–Crippen MR) is 375 cm³/mol. The van der Waals surface area contributed by atoms with Gasteiger partial charge in [0.05, 0.1) is 63.9 Å². The molecule has 5 heterocycles. The Morgan fingerprint density at radius 2 is 1.02 bits per heavy atom. The van der Waals surface area contributed by atoms with E-state index in [1.165, 1.54) is 109 Å². The van der Waals surface area contributed by atoms with Gasteiger partial charge in [0.1, 0.15) is 122 Å². The smallest absolute Gasteiger partial charge is 0.726 e. The van der Waals surface area contributed by atoms with Crippen molar-refractivity contribution in [1.29, 1.82) is 0 Å². The average Bonchev–Trinajstić information content (AvgIpc) is 0.758. The van der Waals surface area contributed by atoms with Crippen LogP contribution in [-0.4, -0.2) is 318 Å². The van der Waals surface area contributed by atoms with Gasteiger partial charge in [-0.2, -0.15) is 0 Å². The van der Waals surface area contributed by atoms with Gasteiger partial charge in [-0.1, -0.05) is 180 Å². The van der Waals surface area contributed by atoms with Gasteiger partial charge < -0.3 is 155 Å². The maximum atomic E-state index is 13.5. The SMILES string of the molecule is CCCCCCCCCCCCC/C=C/[C@@H](O)[C@H](CO[C@@H]1O[C@H](CO)[C@@H](O[C@@H]2O[C@H](CO)[C@H](O)[C@H](O[C@@H]3O[C@H](COS(=O)(=O)[O-])[C@@H](O[C@@H]4O[C@H](CO)[C@H](O)[C@H](O[C@]5(C(=O)[O-])C[C@H](O)[C@@H](N)[C@H]([C@H](O)[C@H](O)CO)O5)[C@H]4O)[C@H](O)[C@H]3NC(C)=O)[C@H]2O)[C@H](O)[C@H]1O)NC(=O)CCCCCCCCCCCCCCCCC.[Na+].[Na+]. The second-order valence-electron chi connectivity index (χ2n) is 29.1. The number of aliphatic hydroxyl groups is 15. The van der Waals surface area contributed by atoms with Crippen LogP contribution in [-0.2, 0) is 76.3 Å². The van der Waals surface area contributed by atoms with Gasteiger partial charge in [0, 0.05) is 19.8 Å². The van der Waals surface area contributed by atoms with E-state index in [-0.39, 0.29) is 71.4 Å². The zero-order valence-electron chi connectivity index (χ0n) is 64.5. The number of unbranched alkanes of at least 4 members (excludes halogenated alkanes) is 25. The number of carboxylic acids is 1. The Bertz CT molecular complexity index is 2660. The second-order valence-corrected chi connectivity index (χ2v) is 30.2. The molecule has 0 spiro atoms. The van der Waals surface area contributed by atoms with Gasteiger partial charge in [0.25, 0.3) is 0 Å². The third kappa shape index (κ3) is 32.9. The maximum Gasteiger partial charge on any atom is 1.00 e. The summed E-state index contributed by atoms with van der Waals surface area (Å²) in [5, 5.41) is 185. The molecular weight excluding hydrogens is 1500 g/mol. The van der Waals surface area contributed by atoms with Crippen LogP contribution in [0.2, 0.25) is 0 Å². The van der Waals surface area contributed by atoms with Crippen LogP contribution >= 0.6 is 0 Å². The summed E-state index contributed by atoms with van der Waals surface area (Å²) in [6.07, 6.45) is -17.6. The Morgan fingerprint density at radius 3 is 1.49 bits per heavy atom. The van der Waals surface area contributed by atoms with Crippen molar-refractivity contribution < 1.29 is 220 Å². The number of ether oxygens (including phenoxy) is 10. The number of allylic oxidation sites excluding steroid dienone is 1. The summed E-state index contributed by atoms with van der Waals surface area (Å²) < 4.78 is 98.5. The van der Waals surface area contributed by atoms with E-state index >= 15 is 0 Å². The number of aliphatic hydroxyl groups excluding tert-OH is 15. The topological polar surface area (TPSA) is 587 Å². The molecule has 0 aromatic carbocycles. The van der Waals surface area contributed by atoms with E-state index in [0.29, 0.717) is 12.8 Å². The zero-order chi connectivity index (χ0) is 79.7. The van der Waals surface area contributed by atoms with Crippen molar-refractivity contribution in [1.82, 2.24) is 10.6 Å². The third-order valence-electron chi connectivity index (χ3n) is 20.5. The van der Waals surface area contributed by atoms with Crippen LogP contribution in [0.3, 0.4) is 0 Å². The molecule has 5 fully saturated rings. The Labute approximate surface area is 689 Å². The fraction of sp³-hybridized carbons (Fsp3) is 0.930. The van der Waals surface area contributed by atoms with Gasteiger partial charge in [-0.15, -0.1) is 0 Å². The van der Waals surface area contributed by atoms with Crippen LogP contribution in [0.1, 0.15) is 207 Å². The zero-order valence-corrected chi connectivity index (χ0v) is 69.4. The second kappa shape index (κ2) is 54.2. The first kappa shape index (κ1) is 103. The number of carbonyl (C=O) groups excluding carboxylic acids is 3. The van der Waals surface area contributed by atoms with Crippen molar-refractivity contribution in [3.63, 3.8) is 0 Å². The summed E-state index contributed by atoms with van der Waals surface area (Å²) in [7, 11) is -5.72. The molecule has 5 aliphatic rings. The summed E-state index contributed by atoms with van der Waals surface area (Å²) in [6, 6.07) is -4.84. The van der Waals surface area contributed by atoms with Gasteiger partial charge in [0.15, 0.2) is 25.2 Å². The van der Waals surface area contributed by atoms with Crippen molar-refractivity contribution in [2.45, 2.75) is 378 Å². The number of carboxylic acid groups (broad SMARTS) is 1. The first-order valence-corrected chi connectivity index (χ1v) is 40.1. The van der Waals surface area contributed by atoms with Crippen molar-refractivity contribution >= 4 is 28.2 Å². The van der Waals surface area contributed by atoms with Gasteiger partial charge >= 0.3 is 59.1 Å². The minimum Gasteiger partial charge on any atom is -0.726 e. The van der Waals surface area contributed by atoms with Gasteiger partial charge in [-0.3, -0.25) is 13.8 Å². The molecule has 0 saturated carbocycles. The number of aliphatic carboxylic acids is 1. The molecule has 0 aliphatic carbocycles. The molecule has 110 heavy (non-hydrogen) atoms. The number of hydrogen-bond acceptors (Lipinski definition) is 34. The van der Waals surface area contributed by atoms with E-state index in [1.54, 1.807) is 6.08 Å². The molecule has 0 aromatic rings. The summed E-state index contributed by atoms with van der Waals surface area (Å²) in [6.45, 7) is -1.04. The normalized spacial score (nSPS) is 34.0. The fourth-order valence-electron chi connectivity index (χ4n) is 14.1. The molecule has 0 unspecified atom stereocenters. The average molecular weight is 1630 g/mol. The van der Waals surface area contributed by atoms with Crippen molar-refractivity contribution in [2.75, 3.05) is 39.6 Å². The number of rotatable bonds is 53. The van der Waals surface area contributed by atoms with Crippen molar-refractivity contribution in [3.8, 4) is 0 Å². The number of hydrogen-bond donors (Lipinski definition) is 18. The Balaban J connectivity index is 0.0000157. The minimum absolute atomic E-state index is 0. The molecule has 2 amide bonds. The van der Waals surface area contributed by atoms with Gasteiger partial charge in [-0.25, -0.2) is 8.42 Å². The maximum absolute atomic E-state index is 13.5. The summed E-state index contributed by atoms with van der Waals surface area (Å²) in [5.41, 5.74) is 5.95. The van der Waals surface area contributed by atoms with E-state index in [1.807, 2.05) is 6.08 Å². The summed E-state index contributed by atoms with van der Waals surface area (Å²) >= 11 is 0. The number of amides is 2. The van der Waals surface area contributed by atoms with E-state index in [9.17, 15) is 109 Å². The Hall–Kier alpha value is -1.02. The molecule has 5 rings (SSSR count). The van der Waals surface area contributed by atoms with Crippen LogP contribution in [0.15, 0.2) is 12.2 Å². The molecule has 39 heteroatoms. The number of nitrogens with two attached hydrogens (primary N) is 1. The van der Waals surface area contributed by atoms with E-state index < -0.39 is 239 Å². The first-order valence-electron chi connectivity index (χ1n) is 38.8. The van der Waals surface area contributed by atoms with Crippen LogP contribution in [0.25, 0.3) is 0 Å². The number of nitrogens with one attached hydrogen (secondary N) is 2. The Morgan fingerprint density at radius 1 is 0.573 bits per heavy atom. The molecule has 632 valence electrons. The molecule has 0 radical (unpaired) electrons. The van der Waals surface area contributed by atoms with Crippen LogP contribution in [0.4, 0.5) is 0 Å². The fourth-order valence-corrected chi connectivity index (χ4v) is 14.4. The van der Waals surface area contributed by atoms with Crippen LogP contribution < -0.4 is 80.6 Å². The van der Waals surface area contributed by atoms with Crippen LogP contribution in [0.5, 0.6) is 0 Å². The van der Waals surface area contributed by atoms with Crippen molar-refractivity contribution in [2.24, 2.45) is 5.73 Å². The molecule has 36 nitrogen and oxygen atoms in total. The van der Waals surface area contributed by atoms with Gasteiger partial charge in [0.2, 0.25) is 28.0 Å². The molecule has 0 bridgehead atoms. The van der Waals surface area contributed by atoms with E-state index in [2.05, 4.69) is 28.7 Å². The van der Waals surface area contributed by atoms with Crippen molar-refractivity contribution in [3.05, 3.63) is 12.2 Å². The molecule has 5 aliphatic heterocycles. The molecule has 19 N–H and O–H groups in total. The third-order valence-corrected chi connectivity index (χ3v) is 20.9. The predicted octanol–water partition coefficient (Wildman–Crippen LogP) is -9.06. The first-order chi connectivity index (χ1) is 51.5. The Kier molecular flexibility index (Phi) is 50.8. The largest absolute Gasteiger partial charge is 1.00 e. The van der Waals surface area contributed by atoms with E-state index in [4.69, 9.17) is 53.1 Å². The molecule has 5 saturated heterocycles. The van der Waals surface area contributed by atoms with Gasteiger partial charge in [-0.05, 0) is 19.3 Å². The minimum atomic E-state index is -5.72. The van der Waals surface area contributed by atoms with Crippen LogP contribution in [0, 0.1) is 0 Å². The quantitative estimate of drug-likeness (QED) is 0.00884. The molecular formula is C71H127N3Na2O33S. The van der Waals surface area contributed by atoms with E-state index in [0.717, 1.165) is 58.3 Å².